The van der Waals surface area contributed by atoms with E-state index in [1.54, 1.807) is 0 Å². The van der Waals surface area contributed by atoms with Gasteiger partial charge in [-0.3, -0.25) is 0 Å². The fraction of sp³-hybridized carbons (Fsp3) is 1.00. The number of aliphatic hydroxyl groups is 1. The van der Waals surface area contributed by atoms with E-state index in [0.717, 1.165) is 0 Å². The Bertz CT molecular complexity index is 226. The molecule has 0 amide bonds. The van der Waals surface area contributed by atoms with Crippen molar-refractivity contribution < 1.29 is 13.5 Å². The Morgan fingerprint density at radius 2 is 2.00 bits per heavy atom. The second-order valence-corrected chi connectivity index (χ2v) is 5.09. The molecule has 0 radical (unpaired) electrons. The van der Waals surface area contributed by atoms with E-state index in [-0.39, 0.29) is 30.9 Å². The van der Waals surface area contributed by atoms with Crippen molar-refractivity contribution in [2.45, 2.75) is 19.9 Å². The molecule has 4 N–H and O–H groups in total. The van der Waals surface area contributed by atoms with Gasteiger partial charge in [-0.05, 0) is 5.92 Å². The monoisotopic (exact) mass is 210 g/mol. The highest BCUT2D eigenvalue weighted by Crippen LogP contribution is 1.99. The molecule has 0 aliphatic heterocycles. The molecule has 0 saturated carbocycles. The fourth-order valence-electron chi connectivity index (χ4n) is 0.898. The van der Waals surface area contributed by atoms with Gasteiger partial charge in [0.15, 0.2) is 0 Å². The number of rotatable bonds is 6. The normalized spacial score (nSPS) is 14.8. The summed E-state index contributed by atoms with van der Waals surface area (Å²) in [6, 6.07) is -0.0678. The van der Waals surface area contributed by atoms with Gasteiger partial charge in [-0.1, -0.05) is 13.8 Å². The molecular weight excluding hydrogens is 192 g/mol. The summed E-state index contributed by atoms with van der Waals surface area (Å²) in [6.45, 7) is 4.18. The molecule has 0 fully saturated rings. The zero-order valence-corrected chi connectivity index (χ0v) is 8.84. The zero-order valence-electron chi connectivity index (χ0n) is 8.03. The van der Waals surface area contributed by atoms with Crippen LogP contribution in [0.1, 0.15) is 13.8 Å². The van der Waals surface area contributed by atoms with Crippen LogP contribution in [0.3, 0.4) is 0 Å². The number of hydrogen-bond donors (Lipinski definition) is 3. The molecule has 13 heavy (non-hydrogen) atoms. The Hall–Kier alpha value is -0.170. The van der Waals surface area contributed by atoms with Crippen LogP contribution in [-0.2, 0) is 10.0 Å². The molecule has 0 rings (SSSR count). The van der Waals surface area contributed by atoms with E-state index >= 15 is 0 Å². The van der Waals surface area contributed by atoms with Gasteiger partial charge in [-0.15, -0.1) is 0 Å². The van der Waals surface area contributed by atoms with Crippen molar-refractivity contribution in [2.24, 2.45) is 11.1 Å². The number of primary sulfonamides is 1. The lowest BCUT2D eigenvalue weighted by atomic mass is 10.1. The van der Waals surface area contributed by atoms with Crippen LogP contribution in [0.4, 0.5) is 0 Å². The van der Waals surface area contributed by atoms with E-state index < -0.39 is 10.0 Å². The Morgan fingerprint density at radius 3 is 2.31 bits per heavy atom. The van der Waals surface area contributed by atoms with Crippen molar-refractivity contribution in [1.29, 1.82) is 0 Å². The standard InChI is InChI=1S/C7H18N2O3S/c1-6(2)7(5-10)9-3-4-13(8,11)12/h6-7,9-10H,3-5H2,1-2H3,(H2,8,11,12)/t7-/m1/s1. The van der Waals surface area contributed by atoms with Gasteiger partial charge in [0, 0.05) is 12.6 Å². The van der Waals surface area contributed by atoms with E-state index in [1.807, 2.05) is 13.8 Å². The first-order valence-electron chi connectivity index (χ1n) is 4.21. The predicted molar refractivity (Wildman–Crippen MR) is 51.7 cm³/mol. The van der Waals surface area contributed by atoms with Gasteiger partial charge in [0.2, 0.25) is 10.0 Å². The Labute approximate surface area is 79.4 Å². The van der Waals surface area contributed by atoms with Crippen LogP contribution in [0.2, 0.25) is 0 Å². The van der Waals surface area contributed by atoms with Crippen LogP contribution in [0.25, 0.3) is 0 Å². The van der Waals surface area contributed by atoms with Gasteiger partial charge in [0.25, 0.3) is 0 Å². The first-order valence-corrected chi connectivity index (χ1v) is 5.93. The summed E-state index contributed by atoms with van der Waals surface area (Å²) in [4.78, 5) is 0. The van der Waals surface area contributed by atoms with Crippen LogP contribution in [0.5, 0.6) is 0 Å². The molecule has 1 atom stereocenters. The quantitative estimate of drug-likeness (QED) is 0.518. The smallest absolute Gasteiger partial charge is 0.210 e. The van der Waals surface area contributed by atoms with Crippen LogP contribution in [-0.4, -0.2) is 38.5 Å². The highest BCUT2D eigenvalue weighted by molar-refractivity contribution is 7.89. The van der Waals surface area contributed by atoms with Crippen molar-refractivity contribution in [1.82, 2.24) is 5.32 Å². The summed E-state index contributed by atoms with van der Waals surface area (Å²) in [7, 11) is -3.40. The number of sulfonamides is 1. The van der Waals surface area contributed by atoms with Crippen LogP contribution in [0, 0.1) is 5.92 Å². The van der Waals surface area contributed by atoms with Gasteiger partial charge in [-0.2, -0.15) is 0 Å². The SMILES string of the molecule is CC(C)[C@@H](CO)NCCS(N)(=O)=O. The first-order chi connectivity index (χ1) is 5.87. The molecular formula is C7H18N2O3S. The minimum atomic E-state index is -3.40. The molecule has 0 aromatic heterocycles. The molecule has 0 saturated heterocycles. The summed E-state index contributed by atoms with van der Waals surface area (Å²) < 4.78 is 21.1. The summed E-state index contributed by atoms with van der Waals surface area (Å²) >= 11 is 0. The van der Waals surface area contributed by atoms with Gasteiger partial charge in [0.1, 0.15) is 0 Å². The molecule has 0 aliphatic rings. The maximum atomic E-state index is 10.5. The third kappa shape index (κ3) is 6.94. The molecule has 0 bridgehead atoms. The minimum absolute atomic E-state index is 0.00227. The average Bonchev–Trinajstić information content (AvgIpc) is 1.95. The highest BCUT2D eigenvalue weighted by atomic mass is 32.2. The Kier molecular flexibility index (Phi) is 5.46. The molecule has 0 aliphatic carbocycles. The van der Waals surface area contributed by atoms with Crippen molar-refractivity contribution in [2.75, 3.05) is 18.9 Å². The van der Waals surface area contributed by atoms with E-state index in [0.29, 0.717) is 0 Å². The van der Waals surface area contributed by atoms with E-state index in [4.69, 9.17) is 10.2 Å². The highest BCUT2D eigenvalue weighted by Gasteiger charge is 2.11. The lowest BCUT2D eigenvalue weighted by Gasteiger charge is -2.19. The second kappa shape index (κ2) is 5.54. The zero-order chi connectivity index (χ0) is 10.5. The van der Waals surface area contributed by atoms with Crippen molar-refractivity contribution in [3.63, 3.8) is 0 Å². The van der Waals surface area contributed by atoms with Crippen molar-refractivity contribution >= 4 is 10.0 Å². The lowest BCUT2D eigenvalue weighted by Crippen LogP contribution is -2.40. The van der Waals surface area contributed by atoms with Gasteiger partial charge >= 0.3 is 0 Å². The molecule has 0 unspecified atom stereocenters. The fourth-order valence-corrected chi connectivity index (χ4v) is 1.30. The Balaban J connectivity index is 3.74. The number of nitrogens with one attached hydrogen (secondary N) is 1. The number of hydrogen-bond acceptors (Lipinski definition) is 4. The molecule has 0 spiro atoms. The minimum Gasteiger partial charge on any atom is -0.395 e. The van der Waals surface area contributed by atoms with Gasteiger partial charge in [0.05, 0.1) is 12.4 Å². The largest absolute Gasteiger partial charge is 0.395 e. The van der Waals surface area contributed by atoms with Crippen LogP contribution < -0.4 is 10.5 Å². The second-order valence-electron chi connectivity index (χ2n) is 3.35. The lowest BCUT2D eigenvalue weighted by molar-refractivity contribution is 0.213. The predicted octanol–water partition coefficient (Wildman–Crippen LogP) is -1.12. The van der Waals surface area contributed by atoms with E-state index in [1.165, 1.54) is 0 Å². The van der Waals surface area contributed by atoms with Crippen molar-refractivity contribution in [3.8, 4) is 0 Å². The average molecular weight is 210 g/mol. The first kappa shape index (κ1) is 12.8. The molecule has 6 heteroatoms. The van der Waals surface area contributed by atoms with Crippen molar-refractivity contribution in [3.05, 3.63) is 0 Å². The molecule has 0 aromatic rings. The maximum absolute atomic E-state index is 10.5. The van der Waals surface area contributed by atoms with Crippen LogP contribution in [0.15, 0.2) is 0 Å². The number of nitrogens with two attached hydrogens (primary N) is 1. The summed E-state index contributed by atoms with van der Waals surface area (Å²) in [6.07, 6.45) is 0. The van der Waals surface area contributed by atoms with E-state index in [2.05, 4.69) is 5.32 Å². The third-order valence-electron chi connectivity index (χ3n) is 1.79. The summed E-state index contributed by atoms with van der Waals surface area (Å²) in [5, 5.41) is 16.6. The van der Waals surface area contributed by atoms with Gasteiger partial charge < -0.3 is 10.4 Å². The topological polar surface area (TPSA) is 92.4 Å². The summed E-state index contributed by atoms with van der Waals surface area (Å²) in [5.74, 6) is 0.168. The van der Waals surface area contributed by atoms with Crippen LogP contribution >= 0.6 is 0 Å². The maximum Gasteiger partial charge on any atom is 0.210 e. The summed E-state index contributed by atoms with van der Waals surface area (Å²) in [5.41, 5.74) is 0. The van der Waals surface area contributed by atoms with Gasteiger partial charge in [-0.25, -0.2) is 13.6 Å². The Morgan fingerprint density at radius 1 is 1.46 bits per heavy atom. The molecule has 0 aromatic carbocycles. The van der Waals surface area contributed by atoms with E-state index in [9.17, 15) is 8.42 Å². The molecule has 80 valence electrons. The third-order valence-corrected chi connectivity index (χ3v) is 2.57. The number of aliphatic hydroxyl groups excluding tert-OH is 1. The molecule has 5 nitrogen and oxygen atoms in total. The molecule has 0 heterocycles.